The van der Waals surface area contributed by atoms with Gasteiger partial charge in [0.2, 0.25) is 0 Å². The number of pyridine rings is 2. The molecule has 192 valence electrons. The summed E-state index contributed by atoms with van der Waals surface area (Å²) in [6.07, 6.45) is 9.06. The van der Waals surface area contributed by atoms with Gasteiger partial charge in [0.1, 0.15) is 0 Å². The lowest BCUT2D eigenvalue weighted by Crippen LogP contribution is -2.29. The highest BCUT2D eigenvalue weighted by atomic mass is 35.5. The van der Waals surface area contributed by atoms with E-state index in [4.69, 9.17) is 21.6 Å². The van der Waals surface area contributed by atoms with Gasteiger partial charge in [-0.3, -0.25) is 14.9 Å². The van der Waals surface area contributed by atoms with E-state index in [1.807, 2.05) is 24.5 Å². The quantitative estimate of drug-likeness (QED) is 0.264. The fourth-order valence-electron chi connectivity index (χ4n) is 5.38. The van der Waals surface area contributed by atoms with Gasteiger partial charge >= 0.3 is 0 Å². The maximum absolute atomic E-state index is 6.18. The average Bonchev–Trinajstić information content (AvgIpc) is 3.37. The van der Waals surface area contributed by atoms with Crippen LogP contribution in [0.25, 0.3) is 0 Å². The summed E-state index contributed by atoms with van der Waals surface area (Å²) >= 11 is 6.18. The maximum Gasteiger partial charge on any atom is 0.0584 e. The van der Waals surface area contributed by atoms with Crippen molar-refractivity contribution < 1.29 is 0 Å². The molecule has 5 heteroatoms. The number of hydrogen-bond donors (Lipinski definition) is 0. The third-order valence-electron chi connectivity index (χ3n) is 7.60. The molecular formula is C31H41ClN4. The molecule has 4 nitrogen and oxygen atoms in total. The molecule has 0 aliphatic carbocycles. The van der Waals surface area contributed by atoms with Gasteiger partial charge in [0.05, 0.1) is 11.4 Å². The first kappa shape index (κ1) is 26.8. The molecule has 0 bridgehead atoms. The molecular weight excluding hydrogens is 464 g/mol. The Bertz CT molecular complexity index is 1120. The molecule has 0 amide bonds. The van der Waals surface area contributed by atoms with Crippen molar-refractivity contribution in [2.24, 2.45) is 0 Å². The van der Waals surface area contributed by atoms with E-state index in [0.717, 1.165) is 36.0 Å². The second kappa shape index (κ2) is 12.3. The van der Waals surface area contributed by atoms with Crippen molar-refractivity contribution in [1.82, 2.24) is 19.8 Å². The summed E-state index contributed by atoms with van der Waals surface area (Å²) < 4.78 is 0. The molecule has 3 aromatic rings. The van der Waals surface area contributed by atoms with Crippen molar-refractivity contribution in [1.29, 1.82) is 0 Å². The monoisotopic (exact) mass is 504 g/mol. The molecule has 0 N–H and O–H groups in total. The fourth-order valence-corrected chi connectivity index (χ4v) is 5.50. The summed E-state index contributed by atoms with van der Waals surface area (Å²) in [5.41, 5.74) is 7.12. The Kier molecular flexibility index (Phi) is 9.16. The number of rotatable bonds is 11. The number of unbranched alkanes of at least 4 members (excludes halogenated alkanes) is 1. The SMILES string of the molecule is Cc1cnc(CN(CCCCN2CCCC2)Cc2ncccc2C(C)(C)c2ccc(Cl)cc2)c(C)c1. The Labute approximate surface area is 222 Å². The van der Waals surface area contributed by atoms with E-state index in [9.17, 15) is 0 Å². The second-order valence-electron chi connectivity index (χ2n) is 10.9. The summed E-state index contributed by atoms with van der Waals surface area (Å²) in [7, 11) is 0. The first-order valence-electron chi connectivity index (χ1n) is 13.4. The van der Waals surface area contributed by atoms with Crippen LogP contribution in [-0.2, 0) is 18.5 Å². The van der Waals surface area contributed by atoms with Gasteiger partial charge in [-0.2, -0.15) is 0 Å². The lowest BCUT2D eigenvalue weighted by Gasteiger charge is -2.30. The minimum atomic E-state index is -0.173. The topological polar surface area (TPSA) is 32.3 Å². The fraction of sp³-hybridized carbons (Fsp3) is 0.484. The van der Waals surface area contributed by atoms with Crippen LogP contribution < -0.4 is 0 Å². The number of likely N-dealkylation sites (tertiary alicyclic amines) is 1. The number of benzene rings is 1. The highest BCUT2D eigenvalue weighted by molar-refractivity contribution is 6.30. The zero-order valence-corrected chi connectivity index (χ0v) is 23.2. The number of nitrogens with zero attached hydrogens (tertiary/aromatic N) is 4. The van der Waals surface area contributed by atoms with E-state index in [2.05, 4.69) is 67.8 Å². The average molecular weight is 505 g/mol. The van der Waals surface area contributed by atoms with Crippen LogP contribution in [0.15, 0.2) is 54.9 Å². The maximum atomic E-state index is 6.18. The lowest BCUT2D eigenvalue weighted by molar-refractivity contribution is 0.235. The van der Waals surface area contributed by atoms with Crippen molar-refractivity contribution in [3.63, 3.8) is 0 Å². The van der Waals surface area contributed by atoms with Crippen LogP contribution >= 0.6 is 11.6 Å². The van der Waals surface area contributed by atoms with E-state index >= 15 is 0 Å². The Balaban J connectivity index is 1.53. The molecule has 4 rings (SSSR count). The molecule has 0 radical (unpaired) electrons. The van der Waals surface area contributed by atoms with E-state index < -0.39 is 0 Å². The van der Waals surface area contributed by atoms with Crippen molar-refractivity contribution >= 4 is 11.6 Å². The highest BCUT2D eigenvalue weighted by Gasteiger charge is 2.27. The standard InChI is InChI=1S/C31H41ClN4/c1-24-20-25(2)29(34-21-24)22-36(19-8-7-18-35-16-5-6-17-35)23-30-28(10-9-15-33-30)31(3,4)26-11-13-27(32)14-12-26/h9-15,20-21H,5-8,16-19,22-23H2,1-4H3. The van der Waals surface area contributed by atoms with Crippen LogP contribution in [0.3, 0.4) is 0 Å². The third kappa shape index (κ3) is 6.94. The minimum Gasteiger partial charge on any atom is -0.303 e. The molecule has 0 atom stereocenters. The van der Waals surface area contributed by atoms with Crippen LogP contribution in [0.2, 0.25) is 5.02 Å². The number of aromatic nitrogens is 2. The van der Waals surface area contributed by atoms with E-state index in [1.54, 1.807) is 0 Å². The highest BCUT2D eigenvalue weighted by Crippen LogP contribution is 2.34. The zero-order valence-electron chi connectivity index (χ0n) is 22.4. The van der Waals surface area contributed by atoms with E-state index in [1.165, 1.54) is 67.6 Å². The summed E-state index contributed by atoms with van der Waals surface area (Å²) in [5, 5.41) is 0.766. The summed E-state index contributed by atoms with van der Waals surface area (Å²) in [4.78, 5) is 14.8. The van der Waals surface area contributed by atoms with Crippen LogP contribution in [-0.4, -0.2) is 45.9 Å². The number of hydrogen-bond acceptors (Lipinski definition) is 4. The predicted octanol–water partition coefficient (Wildman–Crippen LogP) is 6.95. The van der Waals surface area contributed by atoms with E-state index in [-0.39, 0.29) is 5.41 Å². The molecule has 2 aromatic heterocycles. The Morgan fingerprint density at radius 3 is 2.39 bits per heavy atom. The molecule has 0 saturated carbocycles. The van der Waals surface area contributed by atoms with Gasteiger partial charge in [-0.1, -0.05) is 49.7 Å². The second-order valence-corrected chi connectivity index (χ2v) is 11.3. The Hall–Kier alpha value is -2.27. The van der Waals surface area contributed by atoms with Crippen LogP contribution in [0.5, 0.6) is 0 Å². The minimum absolute atomic E-state index is 0.173. The van der Waals surface area contributed by atoms with Crippen molar-refractivity contribution in [3.8, 4) is 0 Å². The molecule has 36 heavy (non-hydrogen) atoms. The number of halogens is 1. The molecule has 1 aliphatic rings. The van der Waals surface area contributed by atoms with Crippen molar-refractivity contribution in [3.05, 3.63) is 93.5 Å². The molecule has 1 fully saturated rings. The predicted molar refractivity (Wildman–Crippen MR) is 151 cm³/mol. The molecule has 3 heterocycles. The summed E-state index contributed by atoms with van der Waals surface area (Å²) in [5.74, 6) is 0. The van der Waals surface area contributed by atoms with Gasteiger partial charge in [0.25, 0.3) is 0 Å². The van der Waals surface area contributed by atoms with Gasteiger partial charge in [-0.25, -0.2) is 0 Å². The molecule has 0 unspecified atom stereocenters. The smallest absolute Gasteiger partial charge is 0.0584 e. The van der Waals surface area contributed by atoms with Gasteiger partial charge in [0.15, 0.2) is 0 Å². The Morgan fingerprint density at radius 2 is 1.67 bits per heavy atom. The largest absolute Gasteiger partial charge is 0.303 e. The normalized spacial score (nSPS) is 14.6. The lowest BCUT2D eigenvalue weighted by atomic mass is 9.77. The van der Waals surface area contributed by atoms with Crippen LogP contribution in [0, 0.1) is 13.8 Å². The van der Waals surface area contributed by atoms with Gasteiger partial charge in [-0.15, -0.1) is 0 Å². The third-order valence-corrected chi connectivity index (χ3v) is 7.85. The first-order chi connectivity index (χ1) is 17.3. The van der Waals surface area contributed by atoms with Crippen molar-refractivity contribution in [2.75, 3.05) is 26.2 Å². The summed E-state index contributed by atoms with van der Waals surface area (Å²) in [6, 6.07) is 14.8. The van der Waals surface area contributed by atoms with Crippen LogP contribution in [0.1, 0.15) is 73.2 Å². The molecule has 0 spiro atoms. The summed E-state index contributed by atoms with van der Waals surface area (Å²) in [6.45, 7) is 15.3. The van der Waals surface area contributed by atoms with Gasteiger partial charge < -0.3 is 4.90 Å². The zero-order chi connectivity index (χ0) is 25.5. The molecule has 1 aromatic carbocycles. The molecule has 1 aliphatic heterocycles. The first-order valence-corrected chi connectivity index (χ1v) is 13.8. The van der Waals surface area contributed by atoms with Gasteiger partial charge in [-0.05, 0) is 106 Å². The van der Waals surface area contributed by atoms with E-state index in [0.29, 0.717) is 0 Å². The Morgan fingerprint density at radius 1 is 0.944 bits per heavy atom. The number of aryl methyl sites for hydroxylation is 2. The van der Waals surface area contributed by atoms with Gasteiger partial charge in [0, 0.05) is 35.9 Å². The van der Waals surface area contributed by atoms with Crippen molar-refractivity contribution in [2.45, 2.75) is 71.9 Å². The van der Waals surface area contributed by atoms with Crippen LogP contribution in [0.4, 0.5) is 0 Å². The molecule has 1 saturated heterocycles.